The highest BCUT2D eigenvalue weighted by Crippen LogP contribution is 2.27. The van der Waals surface area contributed by atoms with E-state index in [0.717, 1.165) is 0 Å². The standard InChI is InChI=1S/C16H24N2O4/c1-10(2)11(3)18-15(19)9-17-16(20)12-6-7-13(21-4)14(8-12)22-5/h6-8,10-11H,9H2,1-5H3,(H,17,20)(H,18,19). The SMILES string of the molecule is COc1ccc(C(=O)NCC(=O)NC(C)C(C)C)cc1OC. The summed E-state index contributed by atoms with van der Waals surface area (Å²) in [5.41, 5.74) is 0.405. The van der Waals surface area contributed by atoms with E-state index in [2.05, 4.69) is 10.6 Å². The third kappa shape index (κ3) is 4.95. The van der Waals surface area contributed by atoms with Crippen LogP contribution in [0.15, 0.2) is 18.2 Å². The molecule has 0 aliphatic carbocycles. The van der Waals surface area contributed by atoms with Gasteiger partial charge in [0, 0.05) is 11.6 Å². The molecule has 1 atom stereocenters. The van der Waals surface area contributed by atoms with Crippen LogP contribution in [-0.2, 0) is 4.79 Å². The molecule has 2 N–H and O–H groups in total. The number of methoxy groups -OCH3 is 2. The van der Waals surface area contributed by atoms with E-state index in [1.54, 1.807) is 18.2 Å². The maximum atomic E-state index is 12.0. The van der Waals surface area contributed by atoms with Gasteiger partial charge in [0.25, 0.3) is 5.91 Å². The van der Waals surface area contributed by atoms with E-state index < -0.39 is 0 Å². The minimum atomic E-state index is -0.340. The van der Waals surface area contributed by atoms with E-state index in [9.17, 15) is 9.59 Å². The van der Waals surface area contributed by atoms with Crippen molar-refractivity contribution in [2.45, 2.75) is 26.8 Å². The van der Waals surface area contributed by atoms with Gasteiger partial charge >= 0.3 is 0 Å². The fraction of sp³-hybridized carbons (Fsp3) is 0.500. The van der Waals surface area contributed by atoms with E-state index in [4.69, 9.17) is 9.47 Å². The van der Waals surface area contributed by atoms with E-state index >= 15 is 0 Å². The van der Waals surface area contributed by atoms with Crippen LogP contribution < -0.4 is 20.1 Å². The van der Waals surface area contributed by atoms with Crippen LogP contribution in [0.3, 0.4) is 0 Å². The Labute approximate surface area is 131 Å². The van der Waals surface area contributed by atoms with Gasteiger partial charge in [0.15, 0.2) is 11.5 Å². The first kappa shape index (κ1) is 17.8. The van der Waals surface area contributed by atoms with Gasteiger partial charge in [-0.2, -0.15) is 0 Å². The number of hydrogen-bond acceptors (Lipinski definition) is 4. The minimum Gasteiger partial charge on any atom is -0.493 e. The van der Waals surface area contributed by atoms with Crippen molar-refractivity contribution in [3.63, 3.8) is 0 Å². The molecule has 0 aromatic heterocycles. The van der Waals surface area contributed by atoms with Gasteiger partial charge in [-0.1, -0.05) is 13.8 Å². The average Bonchev–Trinajstić information content (AvgIpc) is 2.51. The maximum absolute atomic E-state index is 12.0. The molecule has 1 unspecified atom stereocenters. The molecule has 0 fully saturated rings. The summed E-state index contributed by atoms with van der Waals surface area (Å²) in [6.45, 7) is 5.91. The van der Waals surface area contributed by atoms with Crippen LogP contribution in [0.5, 0.6) is 11.5 Å². The summed E-state index contributed by atoms with van der Waals surface area (Å²) >= 11 is 0. The largest absolute Gasteiger partial charge is 0.493 e. The summed E-state index contributed by atoms with van der Waals surface area (Å²) in [5, 5.41) is 5.41. The fourth-order valence-corrected chi connectivity index (χ4v) is 1.71. The molecule has 2 amide bonds. The predicted octanol–water partition coefficient (Wildman–Crippen LogP) is 1.59. The van der Waals surface area contributed by atoms with Crippen LogP contribution >= 0.6 is 0 Å². The minimum absolute atomic E-state index is 0.0606. The Morgan fingerprint density at radius 1 is 1.09 bits per heavy atom. The molecule has 0 aliphatic heterocycles. The van der Waals surface area contributed by atoms with E-state index in [1.165, 1.54) is 14.2 Å². The second-order valence-corrected chi connectivity index (χ2v) is 5.35. The number of carbonyl (C=O) groups is 2. The molecule has 122 valence electrons. The molecule has 0 radical (unpaired) electrons. The number of hydrogen-bond donors (Lipinski definition) is 2. The van der Waals surface area contributed by atoms with Crippen molar-refractivity contribution >= 4 is 11.8 Å². The summed E-state index contributed by atoms with van der Waals surface area (Å²) in [5.74, 6) is 0.796. The lowest BCUT2D eigenvalue weighted by atomic mass is 10.1. The monoisotopic (exact) mass is 308 g/mol. The average molecular weight is 308 g/mol. The van der Waals surface area contributed by atoms with E-state index in [1.807, 2.05) is 20.8 Å². The first-order valence-corrected chi connectivity index (χ1v) is 7.18. The topological polar surface area (TPSA) is 76.7 Å². The number of nitrogens with one attached hydrogen (secondary N) is 2. The van der Waals surface area contributed by atoms with Crippen LogP contribution in [0.1, 0.15) is 31.1 Å². The number of rotatable bonds is 7. The lowest BCUT2D eigenvalue weighted by Gasteiger charge is -2.17. The molecular weight excluding hydrogens is 284 g/mol. The molecule has 0 saturated carbocycles. The van der Waals surface area contributed by atoms with Gasteiger partial charge in [-0.15, -0.1) is 0 Å². The zero-order chi connectivity index (χ0) is 16.7. The van der Waals surface area contributed by atoms with Gasteiger partial charge < -0.3 is 20.1 Å². The van der Waals surface area contributed by atoms with E-state index in [0.29, 0.717) is 23.0 Å². The lowest BCUT2D eigenvalue weighted by molar-refractivity contribution is -0.121. The van der Waals surface area contributed by atoms with Crippen molar-refractivity contribution in [1.82, 2.24) is 10.6 Å². The summed E-state index contributed by atoms with van der Waals surface area (Å²) < 4.78 is 10.3. The Bertz CT molecular complexity index is 529. The van der Waals surface area contributed by atoms with Crippen LogP contribution in [0, 0.1) is 5.92 Å². The van der Waals surface area contributed by atoms with Crippen molar-refractivity contribution in [1.29, 1.82) is 0 Å². The smallest absolute Gasteiger partial charge is 0.251 e. The number of amides is 2. The highest BCUT2D eigenvalue weighted by atomic mass is 16.5. The summed E-state index contributed by atoms with van der Waals surface area (Å²) in [6.07, 6.45) is 0. The fourth-order valence-electron chi connectivity index (χ4n) is 1.71. The molecule has 1 rings (SSSR count). The van der Waals surface area contributed by atoms with Crippen LogP contribution in [0.2, 0.25) is 0 Å². The molecule has 0 spiro atoms. The van der Waals surface area contributed by atoms with Gasteiger partial charge in [-0.05, 0) is 31.0 Å². The Morgan fingerprint density at radius 2 is 1.73 bits per heavy atom. The number of ether oxygens (including phenoxy) is 2. The van der Waals surface area contributed by atoms with Crippen molar-refractivity contribution in [2.75, 3.05) is 20.8 Å². The number of carbonyl (C=O) groups excluding carboxylic acids is 2. The second-order valence-electron chi connectivity index (χ2n) is 5.35. The third-order valence-corrected chi connectivity index (χ3v) is 3.44. The molecule has 0 saturated heterocycles. The Balaban J connectivity index is 2.60. The van der Waals surface area contributed by atoms with Crippen molar-refractivity contribution in [3.8, 4) is 11.5 Å². The van der Waals surface area contributed by atoms with Gasteiger partial charge in [0.1, 0.15) is 0 Å². The number of benzene rings is 1. The molecule has 0 bridgehead atoms. The second kappa shape index (κ2) is 8.26. The first-order chi connectivity index (χ1) is 10.4. The normalized spacial score (nSPS) is 11.7. The molecule has 1 aromatic rings. The van der Waals surface area contributed by atoms with Gasteiger partial charge in [0.2, 0.25) is 5.91 Å². The highest BCUT2D eigenvalue weighted by molar-refractivity contribution is 5.97. The molecule has 1 aromatic carbocycles. The molecule has 0 heterocycles. The van der Waals surface area contributed by atoms with Crippen molar-refractivity contribution < 1.29 is 19.1 Å². The van der Waals surface area contributed by atoms with Crippen molar-refractivity contribution in [2.24, 2.45) is 5.92 Å². The van der Waals surface area contributed by atoms with Gasteiger partial charge in [0.05, 0.1) is 20.8 Å². The summed E-state index contributed by atoms with van der Waals surface area (Å²) in [4.78, 5) is 23.8. The molecule has 22 heavy (non-hydrogen) atoms. The maximum Gasteiger partial charge on any atom is 0.251 e. The Kier molecular flexibility index (Phi) is 6.69. The highest BCUT2D eigenvalue weighted by Gasteiger charge is 2.14. The van der Waals surface area contributed by atoms with Crippen LogP contribution in [-0.4, -0.2) is 38.6 Å². The summed E-state index contributed by atoms with van der Waals surface area (Å²) in [6, 6.07) is 4.90. The Morgan fingerprint density at radius 3 is 2.27 bits per heavy atom. The summed E-state index contributed by atoms with van der Waals surface area (Å²) in [7, 11) is 3.03. The van der Waals surface area contributed by atoms with Crippen LogP contribution in [0.25, 0.3) is 0 Å². The zero-order valence-electron chi connectivity index (χ0n) is 13.7. The van der Waals surface area contributed by atoms with Crippen molar-refractivity contribution in [3.05, 3.63) is 23.8 Å². The van der Waals surface area contributed by atoms with Gasteiger partial charge in [-0.25, -0.2) is 0 Å². The first-order valence-electron chi connectivity index (χ1n) is 7.18. The van der Waals surface area contributed by atoms with Crippen LogP contribution in [0.4, 0.5) is 0 Å². The molecule has 6 heteroatoms. The van der Waals surface area contributed by atoms with Gasteiger partial charge in [-0.3, -0.25) is 9.59 Å². The Hall–Kier alpha value is -2.24. The zero-order valence-corrected chi connectivity index (χ0v) is 13.7. The third-order valence-electron chi connectivity index (χ3n) is 3.44. The lowest BCUT2D eigenvalue weighted by Crippen LogP contribution is -2.42. The quantitative estimate of drug-likeness (QED) is 0.802. The molecule has 0 aliphatic rings. The molecule has 6 nitrogen and oxygen atoms in total. The predicted molar refractivity (Wildman–Crippen MR) is 84.3 cm³/mol. The van der Waals surface area contributed by atoms with E-state index in [-0.39, 0.29) is 24.4 Å². The molecular formula is C16H24N2O4.